The average Bonchev–Trinajstić information content (AvgIpc) is 0.944. The third-order valence-electron chi connectivity index (χ3n) is 23.8. The Morgan fingerprint density at radius 2 is 0.338 bits per heavy atom. The summed E-state index contributed by atoms with van der Waals surface area (Å²) in [6.45, 7) is 56.8. The van der Waals surface area contributed by atoms with Crippen LogP contribution in [-0.2, 0) is 114 Å². The van der Waals surface area contributed by atoms with Crippen LogP contribution in [0.25, 0.3) is 0 Å². The maximum Gasteiger partial charge on any atom is 0.306 e. The summed E-state index contributed by atoms with van der Waals surface area (Å²) < 4.78 is 56.3. The van der Waals surface area contributed by atoms with Crippen molar-refractivity contribution < 1.29 is 114 Å². The van der Waals surface area contributed by atoms with Crippen molar-refractivity contribution in [2.24, 2.45) is 5.73 Å². The van der Waals surface area contributed by atoms with Gasteiger partial charge in [-0.05, 0) is 117 Å². The van der Waals surface area contributed by atoms with Crippen molar-refractivity contribution in [3.8, 4) is 0 Å². The molecule has 0 heterocycles. The molecule has 0 spiro atoms. The molecule has 142 heavy (non-hydrogen) atoms. The average molecular weight is 2040 g/mol. The van der Waals surface area contributed by atoms with Crippen LogP contribution >= 0.6 is 0 Å². The van der Waals surface area contributed by atoms with Crippen LogP contribution in [0.3, 0.4) is 0 Å². The minimum Gasteiger partial charge on any atom is -0.469 e. The first-order valence-electron chi connectivity index (χ1n) is 50.9. The third-order valence-corrected chi connectivity index (χ3v) is 23.8. The molecule has 0 aromatic carbocycles. The number of rotatable bonds is 84. The number of methoxy groups -OCH3 is 12. The summed E-state index contributed by atoms with van der Waals surface area (Å²) in [5, 5.41) is 13.0. The molecule has 0 saturated carbocycles. The van der Waals surface area contributed by atoms with Gasteiger partial charge in [0.15, 0.2) is 0 Å². The Labute approximate surface area is 856 Å². The van der Waals surface area contributed by atoms with Gasteiger partial charge in [-0.2, -0.15) is 0 Å². The van der Waals surface area contributed by atoms with E-state index in [0.29, 0.717) is 180 Å². The van der Waals surface area contributed by atoms with Crippen LogP contribution in [0, 0.1) is 0 Å². The number of carbonyl (C=O) groups is 12. The maximum atomic E-state index is 11.6. The Morgan fingerprint density at radius 1 is 0.190 bits per heavy atom. The smallest absolute Gasteiger partial charge is 0.306 e. The molecule has 0 fully saturated rings. The van der Waals surface area contributed by atoms with E-state index in [4.69, 9.17) is 43.6 Å². The predicted octanol–water partition coefficient (Wildman–Crippen LogP) is 1.84. The fourth-order valence-electron chi connectivity index (χ4n) is 13.7. The Morgan fingerprint density at radius 3 is 0.521 bits per heavy atom. The number of esters is 12. The standard InChI is InChI=1S/C26H50N4O8.C22H44N4O6.2C18H38N4O4.C15H33N3O2/c1-22(2)30(21-19-29(14-10-25(33)37-6)15-11-26(34)38-7)20-17-27(3)16-18-28(12-8-23(31)35-4)13-9-24(32)36-5;1-19(2)26(17-15-24(3)14-11-23-10-7-20(27)30-4)18-16-25(12-8-21(28)31-5)13-9-22(29)32-6;1-16(2)22(11-8-19)15-13-20(3)12-14-21(9-6-17(23)25-4)10-7-18(24)26-5;1-16(2)22(13-11-20-9-7-18(24)26-5)15-14-21(3)12-10-19-8-6-17(23)25-4;1-6-10-18(14(2)3)13-12-17(4)11-9-16-8-7-15(19)20-5/h22H,8-21H2,1-7H3;19,23H,7-18H2,1-6H3;16H,6-15,19H2,1-5H3;16,19-20H,6-15H2,1-5H3;14,16H,6-13H2,1-5H3. The van der Waals surface area contributed by atoms with Gasteiger partial charge in [-0.1, -0.05) is 6.92 Å². The lowest BCUT2D eigenvalue weighted by Gasteiger charge is -2.32. The predicted molar refractivity (Wildman–Crippen MR) is 557 cm³/mol. The van der Waals surface area contributed by atoms with E-state index in [1.165, 1.54) is 98.3 Å². The molecule has 0 radical (unpaired) electrons. The SMILES string of the molecule is CCCN(CCN(C)CCNCCC(=O)OC)C(C)C.COC(=O)CCN(CCC(=O)OC)CCN(C)CCN(CCN(CCC(=O)OC)CCC(=O)OC)C(C)C.COC(=O)CCN(CCC(=O)OC)CCN(C)CCN(CCN)C(C)C.COC(=O)CCNCCN(C)CCN(CCN(CCC(=O)OC)CCC(=O)OC)C(C)C.COC(=O)CCNCCN(C)CCN(CCNCCC(=O)OC)C(C)C. The molecule has 838 valence electrons. The van der Waals surface area contributed by atoms with Crippen LogP contribution in [0.1, 0.15) is 160 Å². The number of nitrogens with zero attached hydrogens (tertiary/aromatic N) is 14. The van der Waals surface area contributed by atoms with Crippen LogP contribution in [-0.4, -0.2) is 559 Å². The van der Waals surface area contributed by atoms with Gasteiger partial charge < -0.3 is 128 Å². The number of nitrogens with two attached hydrogens (primary N) is 1. The van der Waals surface area contributed by atoms with Crippen LogP contribution < -0.4 is 27.0 Å². The van der Waals surface area contributed by atoms with Crippen molar-refractivity contribution in [3.63, 3.8) is 0 Å². The van der Waals surface area contributed by atoms with Gasteiger partial charge in [0.1, 0.15) is 0 Å². The summed E-state index contributed by atoms with van der Waals surface area (Å²) in [4.78, 5) is 168. The molecule has 6 N–H and O–H groups in total. The lowest BCUT2D eigenvalue weighted by molar-refractivity contribution is -0.142. The number of hydrogen-bond donors (Lipinski definition) is 5. The van der Waals surface area contributed by atoms with Gasteiger partial charge in [0, 0.05) is 292 Å². The number of nitrogens with one attached hydrogen (secondary N) is 4. The lowest BCUT2D eigenvalue weighted by atomic mass is 10.2. The highest BCUT2D eigenvalue weighted by Crippen LogP contribution is 2.10. The molecule has 0 atom stereocenters. The summed E-state index contributed by atoms with van der Waals surface area (Å²) in [5.41, 5.74) is 5.67. The molecule has 0 unspecified atom stereocenters. The Hall–Kier alpha value is -7.12. The molecular formula is C99H203N19O24. The van der Waals surface area contributed by atoms with Crippen LogP contribution in [0.2, 0.25) is 0 Å². The highest BCUT2D eigenvalue weighted by molar-refractivity contribution is 5.73. The second kappa shape index (κ2) is 97.3. The van der Waals surface area contributed by atoms with E-state index in [1.807, 2.05) is 0 Å². The van der Waals surface area contributed by atoms with E-state index in [0.717, 1.165) is 164 Å². The lowest BCUT2D eigenvalue weighted by Crippen LogP contribution is -2.44. The number of carbonyl (C=O) groups excluding carboxylic acids is 12. The quantitative estimate of drug-likeness (QED) is 0.0329. The summed E-state index contributed by atoms with van der Waals surface area (Å²) in [6.07, 6.45) is 5.14. The van der Waals surface area contributed by atoms with E-state index in [-0.39, 0.29) is 97.3 Å². The summed E-state index contributed by atoms with van der Waals surface area (Å²) in [6, 6.07) is 2.27. The maximum absolute atomic E-state index is 11.6. The summed E-state index contributed by atoms with van der Waals surface area (Å²) in [5.74, 6) is -2.81. The van der Waals surface area contributed by atoms with Crippen molar-refractivity contribution in [2.75, 3.05) is 389 Å². The first-order chi connectivity index (χ1) is 67.5. The van der Waals surface area contributed by atoms with E-state index in [1.54, 1.807) is 0 Å². The topological polar surface area (TPSA) is 435 Å². The molecule has 0 aliphatic rings. The van der Waals surface area contributed by atoms with Gasteiger partial charge in [0.05, 0.1) is 162 Å². The van der Waals surface area contributed by atoms with E-state index < -0.39 is 0 Å². The normalized spacial score (nSPS) is 11.5. The van der Waals surface area contributed by atoms with Crippen LogP contribution in [0.5, 0.6) is 0 Å². The molecule has 0 aliphatic carbocycles. The summed E-state index contributed by atoms with van der Waals surface area (Å²) in [7, 11) is 27.1. The Bertz CT molecular complexity index is 3070. The van der Waals surface area contributed by atoms with Gasteiger partial charge >= 0.3 is 71.6 Å². The first-order valence-corrected chi connectivity index (χ1v) is 50.9. The van der Waals surface area contributed by atoms with Crippen LogP contribution in [0.15, 0.2) is 0 Å². The molecular weight excluding hydrogens is 1840 g/mol. The van der Waals surface area contributed by atoms with Gasteiger partial charge in [-0.15, -0.1) is 0 Å². The zero-order valence-corrected chi connectivity index (χ0v) is 93.7. The van der Waals surface area contributed by atoms with E-state index in [2.05, 4.69) is 220 Å². The number of likely N-dealkylation sites (N-methyl/N-ethyl adjacent to an activating group) is 5. The monoisotopic (exact) mass is 2040 g/mol. The molecule has 0 rings (SSSR count). The fraction of sp³-hybridized carbons (Fsp3) is 0.879. The van der Waals surface area contributed by atoms with Crippen LogP contribution in [0.4, 0.5) is 0 Å². The van der Waals surface area contributed by atoms with Crippen molar-refractivity contribution in [3.05, 3.63) is 0 Å². The van der Waals surface area contributed by atoms with Crippen molar-refractivity contribution in [2.45, 2.75) is 190 Å². The minimum absolute atomic E-state index is 0.155. The minimum atomic E-state index is -0.277. The molecule has 0 saturated heterocycles. The second-order valence-corrected chi connectivity index (χ2v) is 36.2. The van der Waals surface area contributed by atoms with Gasteiger partial charge in [0.2, 0.25) is 0 Å². The number of hydrogen-bond acceptors (Lipinski definition) is 43. The largest absolute Gasteiger partial charge is 0.469 e. The third kappa shape index (κ3) is 90.4. The van der Waals surface area contributed by atoms with Gasteiger partial charge in [0.25, 0.3) is 0 Å². The first kappa shape index (κ1) is 143. The zero-order chi connectivity index (χ0) is 108. The Balaban J connectivity index is -0.000000559. The fourth-order valence-corrected chi connectivity index (χ4v) is 13.7. The van der Waals surface area contributed by atoms with Gasteiger partial charge in [-0.25, -0.2) is 0 Å². The molecule has 0 aliphatic heterocycles. The highest BCUT2D eigenvalue weighted by atomic mass is 16.6. The molecule has 0 bridgehead atoms. The second-order valence-electron chi connectivity index (χ2n) is 36.2. The van der Waals surface area contributed by atoms with Gasteiger partial charge in [-0.3, -0.25) is 82.0 Å². The van der Waals surface area contributed by atoms with Crippen molar-refractivity contribution >= 4 is 71.6 Å². The van der Waals surface area contributed by atoms with Crippen molar-refractivity contribution in [1.29, 1.82) is 0 Å². The van der Waals surface area contributed by atoms with Crippen molar-refractivity contribution in [1.82, 2.24) is 89.9 Å². The van der Waals surface area contributed by atoms with E-state index >= 15 is 0 Å². The van der Waals surface area contributed by atoms with E-state index in [9.17, 15) is 57.5 Å². The summed E-state index contributed by atoms with van der Waals surface area (Å²) >= 11 is 0. The molecule has 0 aromatic heterocycles. The number of ether oxygens (including phenoxy) is 12. The molecule has 0 amide bonds. The molecule has 43 heteroatoms. The zero-order valence-electron chi connectivity index (χ0n) is 93.7. The molecule has 0 aromatic rings. The Kier molecular flexibility index (Phi) is 98.2. The highest BCUT2D eigenvalue weighted by Gasteiger charge is 2.23. The molecule has 43 nitrogen and oxygen atoms in total.